The van der Waals surface area contributed by atoms with E-state index in [1.54, 1.807) is 0 Å². The number of hydrogen-bond donors (Lipinski definition) is 1. The van der Waals surface area contributed by atoms with Gasteiger partial charge in [-0.15, -0.1) is 23.7 Å². The molecule has 0 spiro atoms. The molecule has 0 radical (unpaired) electrons. The van der Waals surface area contributed by atoms with E-state index in [0.717, 1.165) is 22.3 Å². The fourth-order valence-electron chi connectivity index (χ4n) is 2.08. The molecule has 1 fully saturated rings. The van der Waals surface area contributed by atoms with Gasteiger partial charge in [-0.05, 0) is 19.1 Å². The first-order valence-electron chi connectivity index (χ1n) is 6.53. The van der Waals surface area contributed by atoms with Crippen molar-refractivity contribution in [3.05, 3.63) is 21.3 Å². The van der Waals surface area contributed by atoms with E-state index in [4.69, 9.17) is 16.3 Å². The minimum absolute atomic E-state index is 0. The second-order valence-corrected chi connectivity index (χ2v) is 6.31. The maximum atomic E-state index is 12.2. The summed E-state index contributed by atoms with van der Waals surface area (Å²) in [5.41, 5.74) is 0. The number of nitrogens with zero attached hydrogens (tertiary/aromatic N) is 1. The third kappa shape index (κ3) is 5.22. The zero-order valence-electron chi connectivity index (χ0n) is 11.4. The van der Waals surface area contributed by atoms with Gasteiger partial charge in [-0.25, -0.2) is 0 Å². The summed E-state index contributed by atoms with van der Waals surface area (Å²) in [5.74, 6) is 0.140. The van der Waals surface area contributed by atoms with Crippen molar-refractivity contribution in [3.8, 4) is 0 Å². The van der Waals surface area contributed by atoms with Crippen molar-refractivity contribution in [3.63, 3.8) is 0 Å². The molecule has 1 aliphatic heterocycles. The Hall–Kier alpha value is -0.330. The molecule has 1 saturated heterocycles. The summed E-state index contributed by atoms with van der Waals surface area (Å²) in [6.45, 7) is 5.64. The molecule has 1 unspecified atom stereocenters. The van der Waals surface area contributed by atoms with Crippen LogP contribution in [0.4, 0.5) is 0 Å². The van der Waals surface area contributed by atoms with Gasteiger partial charge in [-0.3, -0.25) is 4.79 Å². The van der Waals surface area contributed by atoms with Crippen molar-refractivity contribution in [2.24, 2.45) is 0 Å². The van der Waals surface area contributed by atoms with Crippen LogP contribution in [0.25, 0.3) is 0 Å². The van der Waals surface area contributed by atoms with Crippen LogP contribution < -0.4 is 5.32 Å². The van der Waals surface area contributed by atoms with E-state index < -0.39 is 0 Å². The average Bonchev–Trinajstić information content (AvgIpc) is 2.82. The van der Waals surface area contributed by atoms with Gasteiger partial charge in [0, 0.05) is 24.5 Å². The van der Waals surface area contributed by atoms with Crippen molar-refractivity contribution in [2.75, 3.05) is 26.2 Å². The third-order valence-corrected chi connectivity index (χ3v) is 4.33. The van der Waals surface area contributed by atoms with Gasteiger partial charge in [0.2, 0.25) is 5.91 Å². The minimum atomic E-state index is 0. The Bertz CT molecular complexity index is 422. The number of carbonyl (C=O) groups excluding carboxylic acids is 1. The molecule has 0 aliphatic carbocycles. The summed E-state index contributed by atoms with van der Waals surface area (Å²) >= 11 is 7.43. The topological polar surface area (TPSA) is 41.6 Å². The Balaban J connectivity index is 0.00000200. The number of halogens is 2. The fourth-order valence-corrected chi connectivity index (χ4v) is 3.18. The van der Waals surface area contributed by atoms with Crippen molar-refractivity contribution in [2.45, 2.75) is 26.0 Å². The molecular formula is C13H20Cl2N2O2S. The smallest absolute Gasteiger partial charge is 0.225 e. The molecule has 0 bridgehead atoms. The monoisotopic (exact) mass is 338 g/mol. The van der Waals surface area contributed by atoms with Crippen LogP contribution in [0.3, 0.4) is 0 Å². The normalized spacial score (nSPS) is 18.4. The standard InChI is InChI=1S/C13H19ClN2O2S.ClH/c1-2-16(9-11-3-4-12(14)19-11)13(17)7-10-8-15-5-6-18-10;/h3-4,10,15H,2,5-9H2,1H3;1H. The minimum Gasteiger partial charge on any atom is -0.375 e. The van der Waals surface area contributed by atoms with E-state index in [0.29, 0.717) is 26.1 Å². The predicted molar refractivity (Wildman–Crippen MR) is 84.9 cm³/mol. The van der Waals surface area contributed by atoms with Crippen LogP contribution in [0, 0.1) is 0 Å². The van der Waals surface area contributed by atoms with E-state index in [2.05, 4.69) is 5.32 Å². The zero-order chi connectivity index (χ0) is 13.7. The molecule has 2 heterocycles. The van der Waals surface area contributed by atoms with Crippen LogP contribution in [-0.4, -0.2) is 43.2 Å². The first kappa shape index (κ1) is 17.7. The Kier molecular flexibility index (Phi) is 7.84. The molecule has 114 valence electrons. The number of ether oxygens (including phenoxy) is 1. The van der Waals surface area contributed by atoms with Crippen LogP contribution in [0.5, 0.6) is 0 Å². The lowest BCUT2D eigenvalue weighted by Gasteiger charge is -2.26. The summed E-state index contributed by atoms with van der Waals surface area (Å²) in [6, 6.07) is 3.84. The van der Waals surface area contributed by atoms with Crippen LogP contribution in [0.15, 0.2) is 12.1 Å². The number of nitrogens with one attached hydrogen (secondary N) is 1. The second kappa shape index (κ2) is 8.85. The lowest BCUT2D eigenvalue weighted by Crippen LogP contribution is -2.42. The Labute approximate surface area is 134 Å². The Morgan fingerprint density at radius 1 is 1.60 bits per heavy atom. The maximum absolute atomic E-state index is 12.2. The summed E-state index contributed by atoms with van der Waals surface area (Å²) < 4.78 is 6.33. The average molecular weight is 339 g/mol. The maximum Gasteiger partial charge on any atom is 0.225 e. The van der Waals surface area contributed by atoms with Crippen molar-refractivity contribution < 1.29 is 9.53 Å². The third-order valence-electron chi connectivity index (χ3n) is 3.12. The molecular weight excluding hydrogens is 319 g/mol. The molecule has 20 heavy (non-hydrogen) atoms. The Morgan fingerprint density at radius 2 is 2.40 bits per heavy atom. The highest BCUT2D eigenvalue weighted by molar-refractivity contribution is 7.16. The fraction of sp³-hybridized carbons (Fsp3) is 0.615. The summed E-state index contributed by atoms with van der Waals surface area (Å²) in [5, 5.41) is 3.24. The second-order valence-electron chi connectivity index (χ2n) is 4.51. The number of hydrogen-bond acceptors (Lipinski definition) is 4. The van der Waals surface area contributed by atoms with E-state index in [1.165, 1.54) is 11.3 Å². The molecule has 1 amide bonds. The highest BCUT2D eigenvalue weighted by atomic mass is 35.5. The largest absolute Gasteiger partial charge is 0.375 e. The zero-order valence-corrected chi connectivity index (χ0v) is 13.8. The SMILES string of the molecule is CCN(Cc1ccc(Cl)s1)C(=O)CC1CNCCO1.Cl. The Morgan fingerprint density at radius 3 is 2.95 bits per heavy atom. The molecule has 1 aromatic heterocycles. The van der Waals surface area contributed by atoms with Gasteiger partial charge >= 0.3 is 0 Å². The number of rotatable bonds is 5. The van der Waals surface area contributed by atoms with Crippen molar-refractivity contribution in [1.82, 2.24) is 10.2 Å². The van der Waals surface area contributed by atoms with E-state index in [1.807, 2.05) is 24.0 Å². The van der Waals surface area contributed by atoms with Crippen LogP contribution in [-0.2, 0) is 16.1 Å². The van der Waals surface area contributed by atoms with Gasteiger partial charge in [0.15, 0.2) is 0 Å². The van der Waals surface area contributed by atoms with Gasteiger partial charge in [0.1, 0.15) is 0 Å². The molecule has 1 aliphatic rings. The van der Waals surface area contributed by atoms with Crippen LogP contribution in [0.2, 0.25) is 4.34 Å². The van der Waals surface area contributed by atoms with Crippen LogP contribution >= 0.6 is 35.3 Å². The van der Waals surface area contributed by atoms with Gasteiger partial charge in [0.05, 0.1) is 30.0 Å². The molecule has 1 N–H and O–H groups in total. The van der Waals surface area contributed by atoms with Crippen molar-refractivity contribution >= 4 is 41.3 Å². The predicted octanol–water partition coefficient (Wildman–Crippen LogP) is 2.55. The van der Waals surface area contributed by atoms with E-state index in [-0.39, 0.29) is 24.4 Å². The molecule has 4 nitrogen and oxygen atoms in total. The van der Waals surface area contributed by atoms with Gasteiger partial charge in [0.25, 0.3) is 0 Å². The lowest BCUT2D eigenvalue weighted by atomic mass is 10.2. The van der Waals surface area contributed by atoms with Gasteiger partial charge < -0.3 is 15.0 Å². The first-order chi connectivity index (χ1) is 9.19. The van der Waals surface area contributed by atoms with Crippen LogP contribution in [0.1, 0.15) is 18.2 Å². The quantitative estimate of drug-likeness (QED) is 0.896. The number of thiophene rings is 1. The molecule has 0 saturated carbocycles. The summed E-state index contributed by atoms with van der Waals surface area (Å²) in [6.07, 6.45) is 0.446. The molecule has 1 atom stereocenters. The highest BCUT2D eigenvalue weighted by Gasteiger charge is 2.21. The molecule has 0 aromatic carbocycles. The van der Waals surface area contributed by atoms with E-state index >= 15 is 0 Å². The summed E-state index contributed by atoms with van der Waals surface area (Å²) in [4.78, 5) is 15.2. The molecule has 7 heteroatoms. The van der Waals surface area contributed by atoms with E-state index in [9.17, 15) is 4.79 Å². The first-order valence-corrected chi connectivity index (χ1v) is 7.72. The lowest BCUT2D eigenvalue weighted by molar-refractivity contribution is -0.135. The van der Waals surface area contributed by atoms with Gasteiger partial charge in [-0.2, -0.15) is 0 Å². The number of carbonyl (C=O) groups is 1. The highest BCUT2D eigenvalue weighted by Crippen LogP contribution is 2.23. The molecule has 1 aromatic rings. The molecule has 2 rings (SSSR count). The number of morpholine rings is 1. The van der Waals surface area contributed by atoms with Gasteiger partial charge in [-0.1, -0.05) is 11.6 Å². The number of amides is 1. The van der Waals surface area contributed by atoms with Crippen molar-refractivity contribution in [1.29, 1.82) is 0 Å². The summed E-state index contributed by atoms with van der Waals surface area (Å²) in [7, 11) is 0.